The summed E-state index contributed by atoms with van der Waals surface area (Å²) in [6.45, 7) is 1.97. The van der Waals surface area contributed by atoms with E-state index in [4.69, 9.17) is 0 Å². The summed E-state index contributed by atoms with van der Waals surface area (Å²) in [6, 6.07) is 14.7. The fraction of sp³-hybridized carbons (Fsp3) is 0.0455. The Hall–Kier alpha value is -4.13. The SMILES string of the molecule is Cc1ccc(NC(=O)c2cccnc2)cc1Nc1nccc(-c2cccnc2)n1. The summed E-state index contributed by atoms with van der Waals surface area (Å²) < 4.78 is 0. The molecular formula is C22H18N6O. The predicted octanol–water partition coefficient (Wildman–Crippen LogP) is 4.24. The van der Waals surface area contributed by atoms with Crippen LogP contribution in [0, 0.1) is 6.92 Å². The monoisotopic (exact) mass is 382 g/mol. The van der Waals surface area contributed by atoms with Gasteiger partial charge in [-0.1, -0.05) is 6.07 Å². The van der Waals surface area contributed by atoms with Gasteiger partial charge < -0.3 is 10.6 Å². The van der Waals surface area contributed by atoms with E-state index in [9.17, 15) is 4.79 Å². The second-order valence-electron chi connectivity index (χ2n) is 6.36. The minimum atomic E-state index is -0.220. The Kier molecular flexibility index (Phi) is 5.20. The lowest BCUT2D eigenvalue weighted by Crippen LogP contribution is -2.12. The molecule has 0 saturated heterocycles. The summed E-state index contributed by atoms with van der Waals surface area (Å²) >= 11 is 0. The first-order chi connectivity index (χ1) is 14.2. The molecule has 4 aromatic rings. The van der Waals surface area contributed by atoms with E-state index in [-0.39, 0.29) is 5.91 Å². The van der Waals surface area contributed by atoms with Gasteiger partial charge in [-0.2, -0.15) is 0 Å². The maximum absolute atomic E-state index is 12.4. The molecule has 0 fully saturated rings. The smallest absolute Gasteiger partial charge is 0.257 e. The summed E-state index contributed by atoms with van der Waals surface area (Å²) in [7, 11) is 0. The molecule has 7 nitrogen and oxygen atoms in total. The molecule has 0 radical (unpaired) electrons. The van der Waals surface area contributed by atoms with E-state index < -0.39 is 0 Å². The highest BCUT2D eigenvalue weighted by Crippen LogP contribution is 2.24. The minimum Gasteiger partial charge on any atom is -0.324 e. The summed E-state index contributed by atoms with van der Waals surface area (Å²) in [5, 5.41) is 6.11. The van der Waals surface area contributed by atoms with E-state index in [1.54, 1.807) is 36.9 Å². The Bertz CT molecular complexity index is 1130. The lowest BCUT2D eigenvalue weighted by atomic mass is 10.1. The maximum Gasteiger partial charge on any atom is 0.257 e. The molecule has 29 heavy (non-hydrogen) atoms. The molecule has 0 aliphatic carbocycles. The summed E-state index contributed by atoms with van der Waals surface area (Å²) in [5.41, 5.74) is 4.64. The van der Waals surface area contributed by atoms with Crippen LogP contribution >= 0.6 is 0 Å². The highest BCUT2D eigenvalue weighted by atomic mass is 16.1. The third kappa shape index (κ3) is 4.41. The number of aromatic nitrogens is 4. The van der Waals surface area contributed by atoms with Crippen molar-refractivity contribution in [3.63, 3.8) is 0 Å². The quantitative estimate of drug-likeness (QED) is 0.536. The molecule has 0 bridgehead atoms. The second-order valence-corrected chi connectivity index (χ2v) is 6.36. The summed E-state index contributed by atoms with van der Waals surface area (Å²) in [4.78, 5) is 29.3. The van der Waals surface area contributed by atoms with Gasteiger partial charge in [-0.3, -0.25) is 14.8 Å². The molecule has 2 N–H and O–H groups in total. The molecular weight excluding hydrogens is 364 g/mol. The van der Waals surface area contributed by atoms with Crippen LogP contribution in [0.4, 0.5) is 17.3 Å². The van der Waals surface area contributed by atoms with Crippen LogP contribution in [0.2, 0.25) is 0 Å². The van der Waals surface area contributed by atoms with Gasteiger partial charge in [0.15, 0.2) is 0 Å². The zero-order valence-electron chi connectivity index (χ0n) is 15.7. The number of pyridine rings is 2. The zero-order chi connectivity index (χ0) is 20.1. The number of hydrogen-bond donors (Lipinski definition) is 2. The number of carbonyl (C=O) groups excluding carboxylic acids is 1. The number of anilines is 3. The van der Waals surface area contributed by atoms with Gasteiger partial charge in [0.05, 0.1) is 11.3 Å². The standard InChI is InChI=1S/C22H18N6O/c1-15-6-7-18(26-21(29)17-5-3-10-24-14-17)12-20(15)28-22-25-11-8-19(27-22)16-4-2-9-23-13-16/h2-14H,1H3,(H,26,29)(H,25,27,28). The van der Waals surface area contributed by atoms with E-state index in [1.165, 1.54) is 6.20 Å². The van der Waals surface area contributed by atoms with Crippen molar-refractivity contribution in [2.75, 3.05) is 10.6 Å². The highest BCUT2D eigenvalue weighted by molar-refractivity contribution is 6.04. The maximum atomic E-state index is 12.4. The zero-order valence-corrected chi connectivity index (χ0v) is 15.7. The number of benzene rings is 1. The number of hydrogen-bond acceptors (Lipinski definition) is 6. The van der Waals surface area contributed by atoms with Crippen LogP contribution in [0.1, 0.15) is 15.9 Å². The van der Waals surface area contributed by atoms with Crippen molar-refractivity contribution >= 4 is 23.2 Å². The molecule has 3 heterocycles. The molecule has 0 aliphatic rings. The van der Waals surface area contributed by atoms with E-state index in [1.807, 2.05) is 43.3 Å². The highest BCUT2D eigenvalue weighted by Gasteiger charge is 2.09. The Morgan fingerprint density at radius 2 is 1.76 bits per heavy atom. The Labute approximate surface area is 167 Å². The molecule has 0 spiro atoms. The van der Waals surface area contributed by atoms with Crippen molar-refractivity contribution in [1.29, 1.82) is 0 Å². The van der Waals surface area contributed by atoms with Crippen molar-refractivity contribution in [2.24, 2.45) is 0 Å². The van der Waals surface area contributed by atoms with Gasteiger partial charge in [0.1, 0.15) is 0 Å². The van der Waals surface area contributed by atoms with Crippen molar-refractivity contribution < 1.29 is 4.79 Å². The number of aryl methyl sites for hydroxylation is 1. The van der Waals surface area contributed by atoms with Gasteiger partial charge in [-0.25, -0.2) is 9.97 Å². The van der Waals surface area contributed by atoms with Gasteiger partial charge in [0.2, 0.25) is 5.95 Å². The molecule has 1 amide bonds. The van der Waals surface area contributed by atoms with Crippen LogP contribution in [0.3, 0.4) is 0 Å². The van der Waals surface area contributed by atoms with E-state index in [0.717, 1.165) is 22.5 Å². The van der Waals surface area contributed by atoms with Crippen molar-refractivity contribution in [3.05, 3.63) is 90.6 Å². The number of nitrogens with one attached hydrogen (secondary N) is 2. The summed E-state index contributed by atoms with van der Waals surface area (Å²) in [6.07, 6.45) is 8.33. The molecule has 0 aliphatic heterocycles. The average molecular weight is 382 g/mol. The third-order valence-electron chi connectivity index (χ3n) is 4.28. The van der Waals surface area contributed by atoms with Crippen LogP contribution < -0.4 is 10.6 Å². The molecule has 0 saturated carbocycles. The molecule has 0 unspecified atom stereocenters. The van der Waals surface area contributed by atoms with E-state index in [2.05, 4.69) is 30.6 Å². The predicted molar refractivity (Wildman–Crippen MR) is 112 cm³/mol. The molecule has 4 rings (SSSR count). The van der Waals surface area contributed by atoms with Gasteiger partial charge in [-0.05, 0) is 55.0 Å². The topological polar surface area (TPSA) is 92.7 Å². The number of amides is 1. The van der Waals surface area contributed by atoms with E-state index >= 15 is 0 Å². The minimum absolute atomic E-state index is 0.220. The number of carbonyl (C=O) groups is 1. The van der Waals surface area contributed by atoms with Crippen molar-refractivity contribution in [2.45, 2.75) is 6.92 Å². The average Bonchev–Trinajstić information content (AvgIpc) is 2.77. The Morgan fingerprint density at radius 1 is 0.931 bits per heavy atom. The Morgan fingerprint density at radius 3 is 2.52 bits per heavy atom. The van der Waals surface area contributed by atoms with Crippen LogP contribution in [0.15, 0.2) is 79.5 Å². The molecule has 142 valence electrons. The van der Waals surface area contributed by atoms with Crippen molar-refractivity contribution in [3.8, 4) is 11.3 Å². The van der Waals surface area contributed by atoms with Gasteiger partial charge >= 0.3 is 0 Å². The third-order valence-corrected chi connectivity index (χ3v) is 4.28. The largest absolute Gasteiger partial charge is 0.324 e. The fourth-order valence-corrected chi connectivity index (χ4v) is 2.75. The van der Waals surface area contributed by atoms with Crippen LogP contribution in [-0.4, -0.2) is 25.8 Å². The van der Waals surface area contributed by atoms with Gasteiger partial charge in [0.25, 0.3) is 5.91 Å². The van der Waals surface area contributed by atoms with Crippen LogP contribution in [0.25, 0.3) is 11.3 Å². The molecule has 7 heteroatoms. The number of nitrogens with zero attached hydrogens (tertiary/aromatic N) is 4. The normalized spacial score (nSPS) is 10.4. The second kappa shape index (κ2) is 8.26. The van der Waals surface area contributed by atoms with Gasteiger partial charge in [0, 0.05) is 47.9 Å². The van der Waals surface area contributed by atoms with Crippen LogP contribution in [0.5, 0.6) is 0 Å². The lowest BCUT2D eigenvalue weighted by molar-refractivity contribution is 0.102. The van der Waals surface area contributed by atoms with Crippen LogP contribution in [-0.2, 0) is 0 Å². The Balaban J connectivity index is 1.55. The van der Waals surface area contributed by atoms with Gasteiger partial charge in [-0.15, -0.1) is 0 Å². The first-order valence-corrected chi connectivity index (χ1v) is 9.01. The van der Waals surface area contributed by atoms with Crippen molar-refractivity contribution in [1.82, 2.24) is 19.9 Å². The fourth-order valence-electron chi connectivity index (χ4n) is 2.75. The first kappa shape index (κ1) is 18.2. The number of rotatable bonds is 5. The first-order valence-electron chi connectivity index (χ1n) is 9.01. The lowest BCUT2D eigenvalue weighted by Gasteiger charge is -2.12. The molecule has 1 aromatic carbocycles. The van der Waals surface area contributed by atoms with E-state index in [0.29, 0.717) is 17.2 Å². The summed E-state index contributed by atoms with van der Waals surface area (Å²) in [5.74, 6) is 0.243. The molecule has 3 aromatic heterocycles. The molecule has 0 atom stereocenters.